The van der Waals surface area contributed by atoms with E-state index in [1.807, 2.05) is 6.07 Å². The topological polar surface area (TPSA) is 46.5 Å². The number of ether oxygens (including phenoxy) is 1. The second kappa shape index (κ2) is 11.1. The summed E-state index contributed by atoms with van der Waals surface area (Å²) in [4.78, 5) is 11.0. The first kappa shape index (κ1) is 20.5. The summed E-state index contributed by atoms with van der Waals surface area (Å²) in [5.74, 6) is 0.542. The van der Waals surface area contributed by atoms with Crippen LogP contribution in [0, 0.1) is 0 Å². The van der Waals surface area contributed by atoms with Crippen molar-refractivity contribution in [1.29, 1.82) is 0 Å². The Balaban J connectivity index is 2.97. The van der Waals surface area contributed by atoms with Crippen LogP contribution >= 0.6 is 0 Å². The number of carbonyl (C=O) groups is 1. The SMILES string of the molecule is CCCCCCCCc1cc(OC(=O)O)c(CC)c(CC)c1CC. The van der Waals surface area contributed by atoms with E-state index in [4.69, 9.17) is 9.84 Å². The van der Waals surface area contributed by atoms with Gasteiger partial charge in [0.1, 0.15) is 5.75 Å². The Morgan fingerprint density at radius 3 is 2.00 bits per heavy atom. The summed E-state index contributed by atoms with van der Waals surface area (Å²) in [6.45, 7) is 8.64. The molecule has 0 aliphatic carbocycles. The quantitative estimate of drug-likeness (QED) is 0.292. The molecule has 0 bridgehead atoms. The second-order valence-electron chi connectivity index (χ2n) is 6.42. The first-order valence-electron chi connectivity index (χ1n) is 9.66. The molecule has 0 aliphatic rings. The highest BCUT2D eigenvalue weighted by atomic mass is 16.7. The van der Waals surface area contributed by atoms with Gasteiger partial charge in [0.15, 0.2) is 0 Å². The van der Waals surface area contributed by atoms with Crippen molar-refractivity contribution in [3.8, 4) is 5.75 Å². The van der Waals surface area contributed by atoms with Crippen molar-refractivity contribution < 1.29 is 14.6 Å². The fraction of sp³-hybridized carbons (Fsp3) is 0.667. The average molecular weight is 335 g/mol. The van der Waals surface area contributed by atoms with E-state index in [9.17, 15) is 4.79 Å². The fourth-order valence-electron chi connectivity index (χ4n) is 3.62. The van der Waals surface area contributed by atoms with Crippen LogP contribution < -0.4 is 4.74 Å². The Labute approximate surface area is 147 Å². The molecule has 0 amide bonds. The third kappa shape index (κ3) is 5.85. The van der Waals surface area contributed by atoms with Gasteiger partial charge >= 0.3 is 6.16 Å². The van der Waals surface area contributed by atoms with Gasteiger partial charge in [-0.2, -0.15) is 0 Å². The summed E-state index contributed by atoms with van der Waals surface area (Å²) in [6.07, 6.45) is 10.1. The van der Waals surface area contributed by atoms with Gasteiger partial charge in [-0.25, -0.2) is 4.79 Å². The highest BCUT2D eigenvalue weighted by molar-refractivity contribution is 5.63. The van der Waals surface area contributed by atoms with E-state index in [0.717, 1.165) is 37.7 Å². The number of hydrogen-bond donors (Lipinski definition) is 1. The predicted molar refractivity (Wildman–Crippen MR) is 100 cm³/mol. The van der Waals surface area contributed by atoms with Gasteiger partial charge in [-0.05, 0) is 60.4 Å². The van der Waals surface area contributed by atoms with E-state index in [1.54, 1.807) is 0 Å². The van der Waals surface area contributed by atoms with Gasteiger partial charge in [-0.1, -0.05) is 59.8 Å². The van der Waals surface area contributed by atoms with Gasteiger partial charge in [-0.15, -0.1) is 0 Å². The van der Waals surface area contributed by atoms with Crippen LogP contribution in [0.3, 0.4) is 0 Å². The van der Waals surface area contributed by atoms with Crippen molar-refractivity contribution in [2.45, 2.75) is 91.9 Å². The van der Waals surface area contributed by atoms with Crippen LogP contribution in [0.15, 0.2) is 6.07 Å². The summed E-state index contributed by atoms with van der Waals surface area (Å²) in [6, 6.07) is 1.98. The number of unbranched alkanes of at least 4 members (excludes halogenated alkanes) is 5. The van der Waals surface area contributed by atoms with Crippen molar-refractivity contribution in [3.63, 3.8) is 0 Å². The lowest BCUT2D eigenvalue weighted by Crippen LogP contribution is -2.10. The first-order valence-corrected chi connectivity index (χ1v) is 9.66. The molecule has 0 unspecified atom stereocenters. The van der Waals surface area contributed by atoms with Gasteiger partial charge in [0.2, 0.25) is 0 Å². The standard InChI is InChI=1S/C21H34O3/c1-5-9-10-11-12-13-14-16-15-20(24-21(22)23)19(8-4)18(7-3)17(16)6-2/h15H,5-14H2,1-4H3,(H,22,23). The molecule has 1 aromatic carbocycles. The van der Waals surface area contributed by atoms with Crippen LogP contribution in [-0.4, -0.2) is 11.3 Å². The van der Waals surface area contributed by atoms with Crippen LogP contribution in [0.4, 0.5) is 4.79 Å². The fourth-order valence-corrected chi connectivity index (χ4v) is 3.62. The van der Waals surface area contributed by atoms with Gasteiger partial charge in [0.05, 0.1) is 0 Å². The Morgan fingerprint density at radius 1 is 0.875 bits per heavy atom. The largest absolute Gasteiger partial charge is 0.511 e. The van der Waals surface area contributed by atoms with Gasteiger partial charge in [0.25, 0.3) is 0 Å². The van der Waals surface area contributed by atoms with Crippen LogP contribution in [0.2, 0.25) is 0 Å². The van der Waals surface area contributed by atoms with Crippen molar-refractivity contribution >= 4 is 6.16 Å². The summed E-state index contributed by atoms with van der Waals surface area (Å²) in [7, 11) is 0. The van der Waals surface area contributed by atoms with Gasteiger partial charge in [-0.3, -0.25) is 0 Å². The molecule has 0 heterocycles. The summed E-state index contributed by atoms with van der Waals surface area (Å²) in [5, 5.41) is 9.04. The van der Waals surface area contributed by atoms with Crippen molar-refractivity contribution in [2.24, 2.45) is 0 Å². The zero-order chi connectivity index (χ0) is 17.9. The smallest absolute Gasteiger partial charge is 0.449 e. The maximum atomic E-state index is 11.0. The molecule has 0 spiro atoms. The molecular weight excluding hydrogens is 300 g/mol. The summed E-state index contributed by atoms with van der Waals surface area (Å²) >= 11 is 0. The van der Waals surface area contributed by atoms with Crippen molar-refractivity contribution in [1.82, 2.24) is 0 Å². The number of rotatable bonds is 11. The van der Waals surface area contributed by atoms with E-state index in [0.29, 0.717) is 5.75 Å². The molecule has 0 atom stereocenters. The van der Waals surface area contributed by atoms with Crippen LogP contribution in [-0.2, 0) is 25.7 Å². The molecule has 0 aromatic heterocycles. The molecule has 3 heteroatoms. The lowest BCUT2D eigenvalue weighted by atomic mass is 9.88. The lowest BCUT2D eigenvalue weighted by Gasteiger charge is -2.20. The van der Waals surface area contributed by atoms with Crippen LogP contribution in [0.1, 0.15) is 88.5 Å². The molecule has 0 saturated heterocycles. The maximum absolute atomic E-state index is 11.0. The second-order valence-corrected chi connectivity index (χ2v) is 6.42. The monoisotopic (exact) mass is 334 g/mol. The molecule has 0 radical (unpaired) electrons. The van der Waals surface area contributed by atoms with Crippen LogP contribution in [0.5, 0.6) is 5.75 Å². The molecule has 3 nitrogen and oxygen atoms in total. The Hall–Kier alpha value is -1.51. The number of aryl methyl sites for hydroxylation is 1. The summed E-state index contributed by atoms with van der Waals surface area (Å²) < 4.78 is 5.09. The number of carboxylic acid groups (broad SMARTS) is 1. The van der Waals surface area contributed by atoms with Gasteiger partial charge < -0.3 is 9.84 Å². The molecule has 136 valence electrons. The Morgan fingerprint density at radius 2 is 1.46 bits per heavy atom. The molecule has 1 aromatic rings. The minimum absolute atomic E-state index is 0.542. The average Bonchev–Trinajstić information content (AvgIpc) is 2.56. The molecule has 1 N–H and O–H groups in total. The predicted octanol–water partition coefficient (Wildman–Crippen LogP) is 6.33. The molecule has 0 saturated carbocycles. The van der Waals surface area contributed by atoms with E-state index >= 15 is 0 Å². The molecule has 0 aliphatic heterocycles. The third-order valence-electron chi connectivity index (χ3n) is 4.78. The van der Waals surface area contributed by atoms with Crippen LogP contribution in [0.25, 0.3) is 0 Å². The molecule has 1 rings (SSSR count). The van der Waals surface area contributed by atoms with E-state index in [2.05, 4.69) is 27.7 Å². The van der Waals surface area contributed by atoms with Crippen molar-refractivity contribution in [2.75, 3.05) is 0 Å². The zero-order valence-corrected chi connectivity index (χ0v) is 15.9. The minimum Gasteiger partial charge on any atom is -0.449 e. The highest BCUT2D eigenvalue weighted by Crippen LogP contribution is 2.32. The number of hydrogen-bond acceptors (Lipinski definition) is 2. The number of benzene rings is 1. The summed E-state index contributed by atoms with van der Waals surface area (Å²) in [5.41, 5.74) is 5.03. The third-order valence-corrected chi connectivity index (χ3v) is 4.78. The van der Waals surface area contributed by atoms with Crippen molar-refractivity contribution in [3.05, 3.63) is 28.3 Å². The highest BCUT2D eigenvalue weighted by Gasteiger charge is 2.17. The van der Waals surface area contributed by atoms with E-state index < -0.39 is 6.16 Å². The molecular formula is C21H34O3. The maximum Gasteiger partial charge on any atom is 0.511 e. The Bertz CT molecular complexity index is 520. The van der Waals surface area contributed by atoms with E-state index in [1.165, 1.54) is 48.8 Å². The first-order chi connectivity index (χ1) is 11.6. The van der Waals surface area contributed by atoms with Gasteiger partial charge in [0, 0.05) is 0 Å². The minimum atomic E-state index is -1.22. The lowest BCUT2D eigenvalue weighted by molar-refractivity contribution is 0.144. The zero-order valence-electron chi connectivity index (χ0n) is 15.9. The van der Waals surface area contributed by atoms with E-state index in [-0.39, 0.29) is 0 Å². The molecule has 24 heavy (non-hydrogen) atoms. The Kier molecular flexibility index (Phi) is 9.51. The normalized spacial score (nSPS) is 10.8. The molecule has 0 fully saturated rings.